The van der Waals surface area contributed by atoms with Crippen LogP contribution in [0.2, 0.25) is 0 Å². The maximum absolute atomic E-state index is 12.7. The quantitative estimate of drug-likeness (QED) is 0.392. The van der Waals surface area contributed by atoms with Crippen molar-refractivity contribution < 1.29 is 9.59 Å². The zero-order chi connectivity index (χ0) is 22.5. The topological polar surface area (TPSA) is 84.0 Å². The predicted molar refractivity (Wildman–Crippen MR) is 126 cm³/mol. The van der Waals surface area contributed by atoms with Crippen molar-refractivity contribution in [1.29, 1.82) is 0 Å². The summed E-state index contributed by atoms with van der Waals surface area (Å²) in [5.41, 5.74) is 4.29. The summed E-state index contributed by atoms with van der Waals surface area (Å²) in [7, 11) is 0. The summed E-state index contributed by atoms with van der Waals surface area (Å²) in [4.78, 5) is 33.1. The highest BCUT2D eigenvalue weighted by molar-refractivity contribution is 6.05. The first-order chi connectivity index (χ1) is 15.5. The van der Waals surface area contributed by atoms with Crippen LogP contribution in [-0.2, 0) is 0 Å². The van der Waals surface area contributed by atoms with Crippen LogP contribution in [0, 0.1) is 6.92 Å². The van der Waals surface area contributed by atoms with E-state index in [0.29, 0.717) is 28.5 Å². The molecule has 6 nitrogen and oxygen atoms in total. The molecule has 32 heavy (non-hydrogen) atoms. The predicted octanol–water partition coefficient (Wildman–Crippen LogP) is 5.65. The molecule has 0 aliphatic heterocycles. The van der Waals surface area contributed by atoms with Gasteiger partial charge in [-0.25, -0.2) is 9.97 Å². The molecular weight excluding hydrogens is 400 g/mol. The van der Waals surface area contributed by atoms with E-state index >= 15 is 0 Å². The van der Waals surface area contributed by atoms with Crippen LogP contribution in [0.3, 0.4) is 0 Å². The molecule has 0 aliphatic carbocycles. The van der Waals surface area contributed by atoms with E-state index in [2.05, 4.69) is 20.6 Å². The molecule has 1 amide bonds. The van der Waals surface area contributed by atoms with Gasteiger partial charge in [-0.15, -0.1) is 0 Å². The number of carbonyl (C=O) groups excluding carboxylic acids is 2. The second-order valence-corrected chi connectivity index (χ2v) is 7.35. The summed E-state index contributed by atoms with van der Waals surface area (Å²) in [5, 5.41) is 6.12. The van der Waals surface area contributed by atoms with Gasteiger partial charge in [0, 0.05) is 34.1 Å². The van der Waals surface area contributed by atoms with Crippen LogP contribution in [0.1, 0.15) is 33.5 Å². The average Bonchev–Trinajstić information content (AvgIpc) is 2.80. The molecule has 158 valence electrons. The van der Waals surface area contributed by atoms with Gasteiger partial charge in [0.15, 0.2) is 5.78 Å². The zero-order valence-corrected chi connectivity index (χ0v) is 17.8. The van der Waals surface area contributed by atoms with Crippen LogP contribution in [0.4, 0.5) is 17.2 Å². The first-order valence-corrected chi connectivity index (χ1v) is 10.2. The van der Waals surface area contributed by atoms with Gasteiger partial charge in [-0.1, -0.05) is 36.4 Å². The lowest BCUT2D eigenvalue weighted by Crippen LogP contribution is -2.12. The van der Waals surface area contributed by atoms with E-state index in [4.69, 9.17) is 0 Å². The Labute approximate surface area is 186 Å². The number of aryl methyl sites for hydroxylation is 1. The molecule has 0 atom stereocenters. The van der Waals surface area contributed by atoms with Gasteiger partial charge in [0.25, 0.3) is 5.91 Å². The first kappa shape index (κ1) is 20.9. The molecule has 0 radical (unpaired) electrons. The molecule has 0 spiro atoms. The number of rotatable bonds is 6. The number of hydrogen-bond donors (Lipinski definition) is 2. The minimum atomic E-state index is -0.243. The van der Waals surface area contributed by atoms with Crippen LogP contribution in [0.15, 0.2) is 84.9 Å². The van der Waals surface area contributed by atoms with Crippen molar-refractivity contribution in [3.05, 3.63) is 102 Å². The molecule has 6 heteroatoms. The van der Waals surface area contributed by atoms with Crippen LogP contribution in [-0.4, -0.2) is 21.7 Å². The normalized spacial score (nSPS) is 10.4. The third-order valence-corrected chi connectivity index (χ3v) is 4.85. The molecule has 3 aromatic carbocycles. The summed E-state index contributed by atoms with van der Waals surface area (Å²) in [6, 6.07) is 25.8. The van der Waals surface area contributed by atoms with Crippen molar-refractivity contribution >= 4 is 28.9 Å². The highest BCUT2D eigenvalue weighted by Crippen LogP contribution is 2.23. The fraction of sp³-hybridized carbons (Fsp3) is 0.0769. The maximum atomic E-state index is 12.7. The molecule has 0 saturated heterocycles. The maximum Gasteiger partial charge on any atom is 0.255 e. The minimum absolute atomic E-state index is 0.0166. The number of nitrogens with zero attached hydrogens (tertiary/aromatic N) is 2. The van der Waals surface area contributed by atoms with Gasteiger partial charge in [0.05, 0.1) is 5.69 Å². The van der Waals surface area contributed by atoms with E-state index in [1.165, 1.54) is 6.92 Å². The van der Waals surface area contributed by atoms with Gasteiger partial charge in [-0.3, -0.25) is 9.59 Å². The van der Waals surface area contributed by atoms with Gasteiger partial charge < -0.3 is 10.6 Å². The Hall–Kier alpha value is -4.32. The third-order valence-electron chi connectivity index (χ3n) is 4.85. The van der Waals surface area contributed by atoms with Crippen molar-refractivity contribution in [2.75, 3.05) is 10.6 Å². The fourth-order valence-corrected chi connectivity index (χ4v) is 3.27. The van der Waals surface area contributed by atoms with E-state index in [-0.39, 0.29) is 11.7 Å². The monoisotopic (exact) mass is 422 g/mol. The Morgan fingerprint density at radius 3 is 2.22 bits per heavy atom. The van der Waals surface area contributed by atoms with Crippen LogP contribution in [0.5, 0.6) is 0 Å². The number of Topliss-reactive ketones (excluding diaryl/α,β-unsaturated/α-hetero) is 1. The molecule has 4 aromatic rings. The van der Waals surface area contributed by atoms with Gasteiger partial charge in [0.1, 0.15) is 11.6 Å². The third kappa shape index (κ3) is 5.05. The molecule has 0 unspecified atom stereocenters. The van der Waals surface area contributed by atoms with E-state index in [9.17, 15) is 9.59 Å². The van der Waals surface area contributed by atoms with Crippen LogP contribution >= 0.6 is 0 Å². The Kier molecular flexibility index (Phi) is 6.03. The average molecular weight is 422 g/mol. The number of anilines is 3. The second kappa shape index (κ2) is 9.22. The summed E-state index contributed by atoms with van der Waals surface area (Å²) < 4.78 is 0. The molecule has 1 heterocycles. The highest BCUT2D eigenvalue weighted by atomic mass is 16.1. The molecule has 0 saturated carbocycles. The van der Waals surface area contributed by atoms with Gasteiger partial charge >= 0.3 is 0 Å². The summed E-state index contributed by atoms with van der Waals surface area (Å²) in [6.07, 6.45) is 0. The Morgan fingerprint density at radius 2 is 1.50 bits per heavy atom. The van der Waals surface area contributed by atoms with Crippen molar-refractivity contribution in [3.8, 4) is 11.3 Å². The van der Waals surface area contributed by atoms with Gasteiger partial charge in [-0.2, -0.15) is 0 Å². The van der Waals surface area contributed by atoms with Gasteiger partial charge in [-0.05, 0) is 56.3 Å². The summed E-state index contributed by atoms with van der Waals surface area (Å²) >= 11 is 0. The largest absolute Gasteiger partial charge is 0.340 e. The summed E-state index contributed by atoms with van der Waals surface area (Å²) in [6.45, 7) is 3.35. The SMILES string of the molecule is CC(=O)c1ccc(NC(=O)c2cccc(Nc3cc(-c4ccccc4)nc(C)n3)c2)cc1. The Morgan fingerprint density at radius 1 is 0.750 bits per heavy atom. The summed E-state index contributed by atoms with van der Waals surface area (Å²) in [5.74, 6) is 1.04. The number of nitrogens with one attached hydrogen (secondary N) is 2. The molecule has 0 bridgehead atoms. The lowest BCUT2D eigenvalue weighted by molar-refractivity contribution is 0.101. The number of benzene rings is 3. The Balaban J connectivity index is 1.51. The minimum Gasteiger partial charge on any atom is -0.340 e. The molecule has 1 aromatic heterocycles. The lowest BCUT2D eigenvalue weighted by atomic mass is 10.1. The number of aromatic nitrogens is 2. The highest BCUT2D eigenvalue weighted by Gasteiger charge is 2.09. The van der Waals surface area contributed by atoms with Crippen molar-refractivity contribution in [2.24, 2.45) is 0 Å². The first-order valence-electron chi connectivity index (χ1n) is 10.2. The van der Waals surface area contributed by atoms with Crippen LogP contribution < -0.4 is 10.6 Å². The van der Waals surface area contributed by atoms with Gasteiger partial charge in [0.2, 0.25) is 0 Å². The second-order valence-electron chi connectivity index (χ2n) is 7.35. The standard InChI is InChI=1S/C26H22N4O2/c1-17(31)19-11-13-22(14-12-19)30-26(32)21-9-6-10-23(15-21)29-25-16-24(27-18(2)28-25)20-7-4-3-5-8-20/h3-16H,1-2H3,(H,30,32)(H,27,28,29). The molecule has 4 rings (SSSR count). The number of carbonyl (C=O) groups is 2. The van der Waals surface area contributed by atoms with E-state index in [1.807, 2.05) is 55.5 Å². The van der Waals surface area contributed by atoms with Crippen molar-refractivity contribution in [1.82, 2.24) is 9.97 Å². The lowest BCUT2D eigenvalue weighted by Gasteiger charge is -2.11. The fourth-order valence-electron chi connectivity index (χ4n) is 3.27. The van der Waals surface area contributed by atoms with E-state index in [1.54, 1.807) is 36.4 Å². The molecule has 0 aliphatic rings. The molecule has 2 N–H and O–H groups in total. The van der Waals surface area contributed by atoms with E-state index < -0.39 is 0 Å². The van der Waals surface area contributed by atoms with E-state index in [0.717, 1.165) is 16.9 Å². The van der Waals surface area contributed by atoms with Crippen molar-refractivity contribution in [3.63, 3.8) is 0 Å². The smallest absolute Gasteiger partial charge is 0.255 e. The Bertz CT molecular complexity index is 1270. The number of ketones is 1. The molecular formula is C26H22N4O2. The zero-order valence-electron chi connectivity index (χ0n) is 17.8. The van der Waals surface area contributed by atoms with Crippen LogP contribution in [0.25, 0.3) is 11.3 Å². The molecule has 0 fully saturated rings. The number of hydrogen-bond acceptors (Lipinski definition) is 5. The van der Waals surface area contributed by atoms with Crippen molar-refractivity contribution in [2.45, 2.75) is 13.8 Å². The number of amides is 1.